The quantitative estimate of drug-likeness (QED) is 0.786. The van der Waals surface area contributed by atoms with Crippen LogP contribution in [-0.2, 0) is 14.3 Å². The summed E-state index contributed by atoms with van der Waals surface area (Å²) in [5, 5.41) is 3.12. The summed E-state index contributed by atoms with van der Waals surface area (Å²) in [6.07, 6.45) is 3.95. The normalized spacial score (nSPS) is 20.0. The first-order valence-corrected chi connectivity index (χ1v) is 7.86. The molecule has 1 aliphatic rings. The van der Waals surface area contributed by atoms with Gasteiger partial charge in [-0.2, -0.15) is 0 Å². The smallest absolute Gasteiger partial charge is 0.252 e. The second-order valence-corrected chi connectivity index (χ2v) is 5.40. The molecule has 1 amide bonds. The number of hydrogen-bond acceptors (Lipinski definition) is 3. The summed E-state index contributed by atoms with van der Waals surface area (Å²) < 4.78 is 10.8. The third kappa shape index (κ3) is 5.14. The molecule has 1 N–H and O–H groups in total. The van der Waals surface area contributed by atoms with Gasteiger partial charge in [0, 0.05) is 0 Å². The first-order chi connectivity index (χ1) is 10.3. The average Bonchev–Trinajstić information content (AvgIpc) is 2.55. The van der Waals surface area contributed by atoms with Crippen LogP contribution in [0.5, 0.6) is 0 Å². The van der Waals surface area contributed by atoms with Gasteiger partial charge in [-0.15, -0.1) is 0 Å². The molecule has 2 atom stereocenters. The van der Waals surface area contributed by atoms with Crippen LogP contribution in [0.25, 0.3) is 0 Å². The van der Waals surface area contributed by atoms with Crippen molar-refractivity contribution in [2.45, 2.75) is 44.8 Å². The predicted octanol–water partition coefficient (Wildman–Crippen LogP) is 2.84. The highest BCUT2D eigenvalue weighted by atomic mass is 16.6. The van der Waals surface area contributed by atoms with Gasteiger partial charge in [0.05, 0.1) is 25.9 Å². The summed E-state index contributed by atoms with van der Waals surface area (Å²) in [6.45, 7) is 3.60. The molecule has 4 heteroatoms. The molecule has 2 rings (SSSR count). The van der Waals surface area contributed by atoms with E-state index in [1.165, 1.54) is 12.8 Å². The van der Waals surface area contributed by atoms with E-state index < -0.39 is 6.10 Å². The molecule has 2 unspecified atom stereocenters. The summed E-state index contributed by atoms with van der Waals surface area (Å²) in [5.74, 6) is -0.0694. The topological polar surface area (TPSA) is 47.6 Å². The molecule has 0 radical (unpaired) electrons. The first-order valence-electron chi connectivity index (χ1n) is 7.86. The Hall–Kier alpha value is -1.39. The first kappa shape index (κ1) is 16.0. The van der Waals surface area contributed by atoms with E-state index in [2.05, 4.69) is 24.4 Å². The van der Waals surface area contributed by atoms with E-state index in [9.17, 15) is 4.79 Å². The minimum Gasteiger partial charge on any atom is -0.376 e. The molecule has 4 nitrogen and oxygen atoms in total. The van der Waals surface area contributed by atoms with Crippen LogP contribution in [-0.4, -0.2) is 31.8 Å². The molecule has 116 valence electrons. The molecule has 1 aliphatic heterocycles. The zero-order chi connectivity index (χ0) is 14.9. The number of unbranched alkanes of at least 4 members (excludes halogenated alkanes) is 2. The Bertz CT molecular complexity index is 415. The van der Waals surface area contributed by atoms with E-state index >= 15 is 0 Å². The molecule has 21 heavy (non-hydrogen) atoms. The second kappa shape index (κ2) is 8.80. The molecule has 0 aromatic heterocycles. The zero-order valence-corrected chi connectivity index (χ0v) is 12.7. The molecule has 0 spiro atoms. The third-order valence-electron chi connectivity index (χ3n) is 3.72. The lowest BCUT2D eigenvalue weighted by Crippen LogP contribution is -2.44. The van der Waals surface area contributed by atoms with E-state index in [1.54, 1.807) is 0 Å². The summed E-state index contributed by atoms with van der Waals surface area (Å²) in [5.41, 5.74) is 1.15. The van der Waals surface area contributed by atoms with Crippen molar-refractivity contribution >= 4 is 5.91 Å². The SMILES string of the molecule is CCCCCC(NC(=O)C1COCCO1)c1ccccc1. The lowest BCUT2D eigenvalue weighted by Gasteiger charge is -2.25. The summed E-state index contributed by atoms with van der Waals surface area (Å²) in [7, 11) is 0. The van der Waals surface area contributed by atoms with Gasteiger partial charge < -0.3 is 14.8 Å². The maximum atomic E-state index is 12.3. The zero-order valence-electron chi connectivity index (χ0n) is 12.7. The molecular weight excluding hydrogens is 266 g/mol. The summed E-state index contributed by atoms with van der Waals surface area (Å²) in [6, 6.07) is 10.2. The van der Waals surface area contributed by atoms with Crippen LogP contribution in [0.2, 0.25) is 0 Å². The van der Waals surface area contributed by atoms with Crippen LogP contribution in [0.15, 0.2) is 30.3 Å². The Labute approximate surface area is 126 Å². The molecule has 1 saturated heterocycles. The van der Waals surface area contributed by atoms with E-state index in [-0.39, 0.29) is 11.9 Å². The molecule has 0 saturated carbocycles. The van der Waals surface area contributed by atoms with Gasteiger partial charge in [0.2, 0.25) is 0 Å². The number of nitrogens with one attached hydrogen (secondary N) is 1. The minimum atomic E-state index is -0.476. The average molecular weight is 291 g/mol. The van der Waals surface area contributed by atoms with Crippen LogP contribution in [0.3, 0.4) is 0 Å². The van der Waals surface area contributed by atoms with Crippen LogP contribution >= 0.6 is 0 Å². The monoisotopic (exact) mass is 291 g/mol. The fraction of sp³-hybridized carbons (Fsp3) is 0.588. The molecule has 1 aromatic carbocycles. The van der Waals surface area contributed by atoms with Crippen LogP contribution in [0, 0.1) is 0 Å². The summed E-state index contributed by atoms with van der Waals surface area (Å²) >= 11 is 0. The number of amides is 1. The third-order valence-corrected chi connectivity index (χ3v) is 3.72. The van der Waals surface area contributed by atoms with E-state index in [0.29, 0.717) is 19.8 Å². The number of carbonyl (C=O) groups excluding carboxylic acids is 1. The van der Waals surface area contributed by atoms with Crippen molar-refractivity contribution in [1.82, 2.24) is 5.32 Å². The Kier molecular flexibility index (Phi) is 6.70. The van der Waals surface area contributed by atoms with Gasteiger partial charge in [0.25, 0.3) is 5.91 Å². The predicted molar refractivity (Wildman–Crippen MR) is 82.0 cm³/mol. The number of rotatable bonds is 7. The fourth-order valence-corrected chi connectivity index (χ4v) is 2.51. The van der Waals surface area contributed by atoms with Crippen LogP contribution in [0.4, 0.5) is 0 Å². The van der Waals surface area contributed by atoms with Crippen molar-refractivity contribution in [2.75, 3.05) is 19.8 Å². The fourth-order valence-electron chi connectivity index (χ4n) is 2.51. The Morgan fingerprint density at radius 2 is 2.10 bits per heavy atom. The Morgan fingerprint density at radius 1 is 1.29 bits per heavy atom. The second-order valence-electron chi connectivity index (χ2n) is 5.40. The lowest BCUT2D eigenvalue weighted by atomic mass is 10.00. The van der Waals surface area contributed by atoms with Gasteiger partial charge in [-0.05, 0) is 12.0 Å². The molecule has 0 aliphatic carbocycles. The van der Waals surface area contributed by atoms with Gasteiger partial charge in [-0.25, -0.2) is 0 Å². The summed E-state index contributed by atoms with van der Waals surface area (Å²) in [4.78, 5) is 12.3. The van der Waals surface area contributed by atoms with Gasteiger partial charge >= 0.3 is 0 Å². The van der Waals surface area contributed by atoms with Crippen molar-refractivity contribution < 1.29 is 14.3 Å². The molecule has 1 aromatic rings. The Morgan fingerprint density at radius 3 is 2.76 bits per heavy atom. The highest BCUT2D eigenvalue weighted by Gasteiger charge is 2.25. The maximum absolute atomic E-state index is 12.3. The van der Waals surface area contributed by atoms with Crippen molar-refractivity contribution in [1.29, 1.82) is 0 Å². The molecular formula is C17H25NO3. The number of carbonyl (C=O) groups is 1. The molecule has 0 bridgehead atoms. The van der Waals surface area contributed by atoms with Crippen molar-refractivity contribution in [2.24, 2.45) is 0 Å². The Balaban J connectivity index is 1.95. The van der Waals surface area contributed by atoms with Gasteiger partial charge in [0.15, 0.2) is 6.10 Å². The van der Waals surface area contributed by atoms with E-state index in [1.807, 2.05) is 18.2 Å². The van der Waals surface area contributed by atoms with Crippen molar-refractivity contribution in [3.05, 3.63) is 35.9 Å². The van der Waals surface area contributed by atoms with E-state index in [0.717, 1.165) is 18.4 Å². The lowest BCUT2D eigenvalue weighted by molar-refractivity contribution is -0.148. The highest BCUT2D eigenvalue weighted by Crippen LogP contribution is 2.20. The number of ether oxygens (including phenoxy) is 2. The van der Waals surface area contributed by atoms with E-state index in [4.69, 9.17) is 9.47 Å². The van der Waals surface area contributed by atoms with Crippen LogP contribution in [0.1, 0.15) is 44.2 Å². The van der Waals surface area contributed by atoms with Crippen LogP contribution < -0.4 is 5.32 Å². The highest BCUT2D eigenvalue weighted by molar-refractivity contribution is 5.81. The number of hydrogen-bond donors (Lipinski definition) is 1. The van der Waals surface area contributed by atoms with Crippen molar-refractivity contribution in [3.63, 3.8) is 0 Å². The minimum absolute atomic E-state index is 0.0516. The van der Waals surface area contributed by atoms with Gasteiger partial charge in [0.1, 0.15) is 0 Å². The molecule has 1 fully saturated rings. The van der Waals surface area contributed by atoms with Crippen molar-refractivity contribution in [3.8, 4) is 0 Å². The maximum Gasteiger partial charge on any atom is 0.252 e. The standard InChI is InChI=1S/C17H25NO3/c1-2-3-5-10-15(14-8-6-4-7-9-14)18-17(19)16-13-20-11-12-21-16/h4,6-9,15-16H,2-3,5,10-13H2,1H3,(H,18,19). The van der Waals surface area contributed by atoms with Gasteiger partial charge in [-0.1, -0.05) is 56.5 Å². The molecule has 1 heterocycles. The van der Waals surface area contributed by atoms with Gasteiger partial charge in [-0.3, -0.25) is 4.79 Å². The largest absolute Gasteiger partial charge is 0.376 e. The number of benzene rings is 1.